The molecule has 8 heteroatoms. The summed E-state index contributed by atoms with van der Waals surface area (Å²) in [4.78, 5) is 34.4. The van der Waals surface area contributed by atoms with Crippen LogP contribution in [0.1, 0.15) is 22.8 Å². The Balaban J connectivity index is 2.01. The summed E-state index contributed by atoms with van der Waals surface area (Å²) in [5, 5.41) is 13.9. The summed E-state index contributed by atoms with van der Waals surface area (Å²) in [6.07, 6.45) is -1.04. The molecule has 0 aromatic heterocycles. The molecule has 1 N–H and O–H groups in total. The smallest absolute Gasteiger partial charge is 0.338 e. The highest BCUT2D eigenvalue weighted by Crippen LogP contribution is 2.20. The molecule has 2 rings (SSSR count). The third-order valence-electron chi connectivity index (χ3n) is 3.39. The Bertz CT molecular complexity index is 820. The van der Waals surface area contributed by atoms with Crippen molar-refractivity contribution < 1.29 is 19.2 Å². The molecule has 2 aromatic rings. The molecule has 0 aliphatic rings. The van der Waals surface area contributed by atoms with E-state index in [9.17, 15) is 19.7 Å². The molecule has 0 saturated heterocycles. The van der Waals surface area contributed by atoms with E-state index in [-0.39, 0.29) is 11.3 Å². The van der Waals surface area contributed by atoms with Crippen molar-refractivity contribution in [1.82, 2.24) is 0 Å². The number of benzene rings is 2. The predicted octanol–water partition coefficient (Wildman–Crippen LogP) is 3.74. The predicted molar refractivity (Wildman–Crippen MR) is 92.8 cm³/mol. The van der Waals surface area contributed by atoms with Crippen molar-refractivity contribution in [3.63, 3.8) is 0 Å². The van der Waals surface area contributed by atoms with Gasteiger partial charge in [0.1, 0.15) is 0 Å². The van der Waals surface area contributed by atoms with Crippen molar-refractivity contribution >= 4 is 34.9 Å². The summed E-state index contributed by atoms with van der Waals surface area (Å²) in [5.74, 6) is -1.24. The normalized spacial score (nSPS) is 11.5. The SMILES string of the molecule is Cc1cc(C(=O)O[C@@H](C)C(=O)Nc2ccc(Cl)cc2)ccc1[N+](=O)[O-]. The molecule has 1 amide bonds. The fraction of sp³-hybridized carbons (Fsp3) is 0.176. The van der Waals surface area contributed by atoms with Crippen molar-refractivity contribution in [2.24, 2.45) is 0 Å². The van der Waals surface area contributed by atoms with Crippen molar-refractivity contribution in [2.45, 2.75) is 20.0 Å². The quantitative estimate of drug-likeness (QED) is 0.496. The van der Waals surface area contributed by atoms with E-state index in [1.807, 2.05) is 0 Å². The van der Waals surface area contributed by atoms with Crippen LogP contribution in [0.15, 0.2) is 42.5 Å². The van der Waals surface area contributed by atoms with Gasteiger partial charge in [0, 0.05) is 22.3 Å². The molecule has 0 fully saturated rings. The van der Waals surface area contributed by atoms with Crippen LogP contribution >= 0.6 is 11.6 Å². The van der Waals surface area contributed by atoms with Crippen molar-refractivity contribution in [3.8, 4) is 0 Å². The van der Waals surface area contributed by atoms with Gasteiger partial charge in [0.2, 0.25) is 0 Å². The summed E-state index contributed by atoms with van der Waals surface area (Å²) in [6.45, 7) is 2.95. The fourth-order valence-corrected chi connectivity index (χ4v) is 2.17. The number of hydrogen-bond acceptors (Lipinski definition) is 5. The van der Waals surface area contributed by atoms with Crippen LogP contribution in [0.2, 0.25) is 5.02 Å². The van der Waals surface area contributed by atoms with Gasteiger partial charge in [-0.05, 0) is 50.2 Å². The average molecular weight is 363 g/mol. The van der Waals surface area contributed by atoms with Crippen molar-refractivity contribution in [1.29, 1.82) is 0 Å². The van der Waals surface area contributed by atoms with Crippen LogP contribution in [-0.4, -0.2) is 22.9 Å². The lowest BCUT2D eigenvalue weighted by Crippen LogP contribution is -2.30. The maximum atomic E-state index is 12.1. The summed E-state index contributed by atoms with van der Waals surface area (Å²) in [5.41, 5.74) is 0.889. The number of halogens is 1. The highest BCUT2D eigenvalue weighted by atomic mass is 35.5. The maximum Gasteiger partial charge on any atom is 0.338 e. The van der Waals surface area contributed by atoms with Crippen LogP contribution in [0.4, 0.5) is 11.4 Å². The molecular weight excluding hydrogens is 348 g/mol. The van der Waals surface area contributed by atoms with E-state index >= 15 is 0 Å². The molecule has 130 valence electrons. The number of anilines is 1. The molecule has 0 heterocycles. The topological polar surface area (TPSA) is 98.5 Å². The Morgan fingerprint density at radius 3 is 2.40 bits per heavy atom. The van der Waals surface area contributed by atoms with E-state index in [4.69, 9.17) is 16.3 Å². The fourth-order valence-electron chi connectivity index (χ4n) is 2.05. The van der Waals surface area contributed by atoms with Crippen molar-refractivity contribution in [2.75, 3.05) is 5.32 Å². The first-order valence-electron chi connectivity index (χ1n) is 7.30. The van der Waals surface area contributed by atoms with Gasteiger partial charge in [-0.3, -0.25) is 14.9 Å². The Morgan fingerprint density at radius 2 is 1.84 bits per heavy atom. The molecule has 0 saturated carbocycles. The summed E-state index contributed by atoms with van der Waals surface area (Å²) in [6, 6.07) is 10.3. The number of nitrogens with zero attached hydrogens (tertiary/aromatic N) is 1. The van der Waals surface area contributed by atoms with Crippen LogP contribution in [0.25, 0.3) is 0 Å². The highest BCUT2D eigenvalue weighted by Gasteiger charge is 2.20. The molecule has 0 aliphatic carbocycles. The summed E-state index contributed by atoms with van der Waals surface area (Å²) < 4.78 is 5.10. The standard InChI is InChI=1S/C17H15ClN2O5/c1-10-9-12(3-8-15(10)20(23)24)17(22)25-11(2)16(21)19-14-6-4-13(18)5-7-14/h3-9,11H,1-2H3,(H,19,21)/t11-/m0/s1. The molecule has 0 unspecified atom stereocenters. The summed E-state index contributed by atoms with van der Waals surface area (Å²) >= 11 is 5.77. The zero-order valence-corrected chi connectivity index (χ0v) is 14.2. The second-order valence-corrected chi connectivity index (χ2v) is 5.74. The first-order valence-corrected chi connectivity index (χ1v) is 7.68. The zero-order valence-electron chi connectivity index (χ0n) is 13.5. The minimum absolute atomic E-state index is 0.0925. The molecule has 0 radical (unpaired) electrons. The number of nitrogens with one attached hydrogen (secondary N) is 1. The Hall–Kier alpha value is -2.93. The Morgan fingerprint density at radius 1 is 1.20 bits per heavy atom. The first kappa shape index (κ1) is 18.4. The van der Waals surface area contributed by atoms with Gasteiger partial charge in [-0.15, -0.1) is 0 Å². The first-order chi connectivity index (χ1) is 11.8. The number of rotatable bonds is 5. The highest BCUT2D eigenvalue weighted by molar-refractivity contribution is 6.30. The van der Waals surface area contributed by atoms with Gasteiger partial charge < -0.3 is 10.1 Å². The zero-order chi connectivity index (χ0) is 18.6. The number of aryl methyl sites for hydroxylation is 1. The molecule has 1 atom stereocenters. The second kappa shape index (κ2) is 7.76. The molecular formula is C17H15ClN2O5. The minimum Gasteiger partial charge on any atom is -0.449 e. The van der Waals surface area contributed by atoms with Gasteiger partial charge in [-0.2, -0.15) is 0 Å². The molecule has 25 heavy (non-hydrogen) atoms. The van der Waals surface area contributed by atoms with E-state index in [0.29, 0.717) is 16.3 Å². The van der Waals surface area contributed by atoms with E-state index < -0.39 is 22.9 Å². The molecule has 0 aliphatic heterocycles. The number of esters is 1. The average Bonchev–Trinajstić information content (AvgIpc) is 2.56. The Kier molecular flexibility index (Phi) is 5.71. The summed E-state index contributed by atoms with van der Waals surface area (Å²) in [7, 11) is 0. The number of nitro groups is 1. The third kappa shape index (κ3) is 4.77. The largest absolute Gasteiger partial charge is 0.449 e. The van der Waals surface area contributed by atoms with Gasteiger partial charge in [0.15, 0.2) is 6.10 Å². The third-order valence-corrected chi connectivity index (χ3v) is 3.65. The molecule has 0 bridgehead atoms. The number of hydrogen-bond donors (Lipinski definition) is 1. The lowest BCUT2D eigenvalue weighted by atomic mass is 10.1. The van der Waals surface area contributed by atoms with Gasteiger partial charge in [-0.1, -0.05) is 11.6 Å². The lowest BCUT2D eigenvalue weighted by Gasteiger charge is -2.14. The van der Waals surface area contributed by atoms with Crippen LogP contribution in [0, 0.1) is 17.0 Å². The van der Waals surface area contributed by atoms with E-state index in [1.54, 1.807) is 24.3 Å². The second-order valence-electron chi connectivity index (χ2n) is 5.30. The number of carbonyl (C=O) groups excluding carboxylic acids is 2. The Labute approximate surface area is 148 Å². The number of carbonyl (C=O) groups is 2. The number of amides is 1. The van der Waals surface area contributed by atoms with E-state index in [1.165, 1.54) is 32.0 Å². The lowest BCUT2D eigenvalue weighted by molar-refractivity contribution is -0.385. The van der Waals surface area contributed by atoms with Gasteiger partial charge in [0.25, 0.3) is 11.6 Å². The maximum absolute atomic E-state index is 12.1. The molecule has 0 spiro atoms. The van der Waals surface area contributed by atoms with Gasteiger partial charge in [0.05, 0.1) is 10.5 Å². The molecule has 2 aromatic carbocycles. The van der Waals surface area contributed by atoms with Crippen LogP contribution in [0.3, 0.4) is 0 Å². The van der Waals surface area contributed by atoms with Crippen molar-refractivity contribution in [3.05, 3.63) is 68.7 Å². The van der Waals surface area contributed by atoms with Crippen LogP contribution < -0.4 is 5.32 Å². The van der Waals surface area contributed by atoms with Crippen LogP contribution in [-0.2, 0) is 9.53 Å². The monoisotopic (exact) mass is 362 g/mol. The van der Waals surface area contributed by atoms with Crippen LogP contribution in [0.5, 0.6) is 0 Å². The van der Waals surface area contributed by atoms with Gasteiger partial charge >= 0.3 is 5.97 Å². The van der Waals surface area contributed by atoms with E-state index in [0.717, 1.165) is 0 Å². The van der Waals surface area contributed by atoms with E-state index in [2.05, 4.69) is 5.32 Å². The molecule has 7 nitrogen and oxygen atoms in total. The number of ether oxygens (including phenoxy) is 1. The van der Waals surface area contributed by atoms with Gasteiger partial charge in [-0.25, -0.2) is 4.79 Å². The number of nitro benzene ring substituents is 1. The minimum atomic E-state index is -1.04.